The summed E-state index contributed by atoms with van der Waals surface area (Å²) in [5, 5.41) is 9.21. The fourth-order valence-corrected chi connectivity index (χ4v) is 3.57. The van der Waals surface area contributed by atoms with Gasteiger partial charge in [0.25, 0.3) is 0 Å². The third-order valence-corrected chi connectivity index (χ3v) is 4.90. The molecule has 3 rings (SSSR count). The fourth-order valence-electron chi connectivity index (χ4n) is 3.57. The van der Waals surface area contributed by atoms with E-state index in [0.29, 0.717) is 17.2 Å². The van der Waals surface area contributed by atoms with Crippen LogP contribution in [0.1, 0.15) is 32.1 Å². The molecule has 0 aromatic heterocycles. The van der Waals surface area contributed by atoms with Gasteiger partial charge in [0.15, 0.2) is 0 Å². The van der Waals surface area contributed by atoms with E-state index >= 15 is 0 Å². The predicted molar refractivity (Wildman–Crippen MR) is 93.9 cm³/mol. The van der Waals surface area contributed by atoms with Crippen molar-refractivity contribution >= 4 is 17.5 Å². The molecule has 0 radical (unpaired) electrons. The molecule has 7 heteroatoms. The van der Waals surface area contributed by atoms with Crippen molar-refractivity contribution in [2.24, 2.45) is 0 Å². The summed E-state index contributed by atoms with van der Waals surface area (Å²) in [6.07, 6.45) is 4.42. The molecule has 0 unspecified atom stereocenters. The smallest absolute Gasteiger partial charge is 0.237 e. The molecule has 2 aliphatic rings. The van der Waals surface area contributed by atoms with Crippen LogP contribution in [0.15, 0.2) is 18.2 Å². The second kappa shape index (κ2) is 7.74. The Kier molecular flexibility index (Phi) is 5.43. The molecular weight excluding hydrogens is 322 g/mol. The van der Waals surface area contributed by atoms with Crippen LogP contribution >= 0.6 is 0 Å². The van der Waals surface area contributed by atoms with Gasteiger partial charge in [0.05, 0.1) is 32.4 Å². The lowest BCUT2D eigenvalue weighted by Gasteiger charge is -2.40. The Morgan fingerprint density at radius 1 is 1.20 bits per heavy atom. The first-order chi connectivity index (χ1) is 12.1. The number of amides is 2. The van der Waals surface area contributed by atoms with Crippen molar-refractivity contribution in [2.75, 3.05) is 19.5 Å². The van der Waals surface area contributed by atoms with Gasteiger partial charge in [-0.05, 0) is 25.0 Å². The lowest BCUT2D eigenvalue weighted by molar-refractivity contribution is -0.129. The number of anilines is 1. The van der Waals surface area contributed by atoms with Crippen molar-refractivity contribution in [3.8, 4) is 11.5 Å². The number of carbonyl (C=O) groups excluding carboxylic acids is 2. The van der Waals surface area contributed by atoms with Gasteiger partial charge < -0.3 is 25.4 Å². The molecule has 2 fully saturated rings. The number of methoxy groups -OCH3 is 2. The zero-order valence-electron chi connectivity index (χ0n) is 14.6. The number of ether oxygens (including phenoxy) is 2. The van der Waals surface area contributed by atoms with Crippen molar-refractivity contribution in [2.45, 2.75) is 50.2 Å². The molecule has 1 saturated heterocycles. The summed E-state index contributed by atoms with van der Waals surface area (Å²) in [6.45, 7) is 0. The highest BCUT2D eigenvalue weighted by atomic mass is 16.5. The van der Waals surface area contributed by atoms with E-state index in [0.717, 1.165) is 25.7 Å². The SMILES string of the molecule is COc1ccc(OC)c(NC(=O)C[C@@H]2N[C@@H]3CCCC[C@@H]3NC2=O)c1. The first-order valence-electron chi connectivity index (χ1n) is 8.69. The number of fused-ring (bicyclic) bond motifs is 1. The van der Waals surface area contributed by atoms with Gasteiger partial charge in [0, 0.05) is 18.2 Å². The van der Waals surface area contributed by atoms with Gasteiger partial charge in [-0.1, -0.05) is 12.8 Å². The number of carbonyl (C=O) groups is 2. The Hall–Kier alpha value is -2.28. The van der Waals surface area contributed by atoms with Crippen LogP contribution in [0, 0.1) is 0 Å². The number of hydrogen-bond acceptors (Lipinski definition) is 5. The third kappa shape index (κ3) is 4.04. The number of piperazine rings is 1. The average Bonchev–Trinajstić information content (AvgIpc) is 2.62. The molecule has 2 amide bonds. The predicted octanol–water partition coefficient (Wildman–Crippen LogP) is 1.43. The third-order valence-electron chi connectivity index (χ3n) is 4.90. The summed E-state index contributed by atoms with van der Waals surface area (Å²) in [7, 11) is 3.10. The summed E-state index contributed by atoms with van der Waals surface area (Å²) in [6, 6.07) is 5.13. The molecule has 1 heterocycles. The molecular formula is C18H25N3O4. The van der Waals surface area contributed by atoms with Crippen molar-refractivity contribution in [1.29, 1.82) is 0 Å². The second-order valence-corrected chi connectivity index (χ2v) is 6.54. The van der Waals surface area contributed by atoms with Gasteiger partial charge in [-0.15, -0.1) is 0 Å². The largest absolute Gasteiger partial charge is 0.497 e. The van der Waals surface area contributed by atoms with Crippen molar-refractivity contribution < 1.29 is 19.1 Å². The van der Waals surface area contributed by atoms with Crippen LogP contribution in [0.3, 0.4) is 0 Å². The van der Waals surface area contributed by atoms with E-state index < -0.39 is 6.04 Å². The minimum atomic E-state index is -0.504. The maximum absolute atomic E-state index is 12.4. The quantitative estimate of drug-likeness (QED) is 0.750. The Morgan fingerprint density at radius 2 is 1.96 bits per heavy atom. The minimum absolute atomic E-state index is 0.0788. The van der Waals surface area contributed by atoms with Gasteiger partial charge in [-0.25, -0.2) is 0 Å². The first-order valence-corrected chi connectivity index (χ1v) is 8.69. The lowest BCUT2D eigenvalue weighted by atomic mass is 9.87. The second-order valence-electron chi connectivity index (χ2n) is 6.54. The molecule has 1 aromatic rings. The summed E-state index contributed by atoms with van der Waals surface area (Å²) in [4.78, 5) is 24.7. The fraction of sp³-hybridized carbons (Fsp3) is 0.556. The Morgan fingerprint density at radius 3 is 2.68 bits per heavy atom. The highest BCUT2D eigenvalue weighted by molar-refractivity contribution is 5.96. The Bertz CT molecular complexity index is 649. The maximum atomic E-state index is 12.4. The van der Waals surface area contributed by atoms with Gasteiger partial charge in [0.1, 0.15) is 11.5 Å². The molecule has 3 N–H and O–H groups in total. The van der Waals surface area contributed by atoms with E-state index in [1.165, 1.54) is 7.11 Å². The Balaban J connectivity index is 1.63. The van der Waals surface area contributed by atoms with Crippen molar-refractivity contribution in [1.82, 2.24) is 10.6 Å². The van der Waals surface area contributed by atoms with Crippen LogP contribution in [-0.2, 0) is 9.59 Å². The van der Waals surface area contributed by atoms with Crippen LogP contribution in [-0.4, -0.2) is 44.2 Å². The molecule has 1 aliphatic carbocycles. The van der Waals surface area contributed by atoms with Gasteiger partial charge >= 0.3 is 0 Å². The van der Waals surface area contributed by atoms with E-state index in [9.17, 15) is 9.59 Å². The molecule has 0 bridgehead atoms. The monoisotopic (exact) mass is 347 g/mol. The highest BCUT2D eigenvalue weighted by Gasteiger charge is 2.37. The molecule has 0 spiro atoms. The van der Waals surface area contributed by atoms with Gasteiger partial charge in [-0.3, -0.25) is 9.59 Å². The average molecular weight is 347 g/mol. The molecule has 7 nitrogen and oxygen atoms in total. The van der Waals surface area contributed by atoms with Gasteiger partial charge in [-0.2, -0.15) is 0 Å². The van der Waals surface area contributed by atoms with Crippen molar-refractivity contribution in [3.05, 3.63) is 18.2 Å². The summed E-state index contributed by atoms with van der Waals surface area (Å²) in [5.41, 5.74) is 0.526. The van der Waals surface area contributed by atoms with Crippen LogP contribution in [0.2, 0.25) is 0 Å². The van der Waals surface area contributed by atoms with Crippen molar-refractivity contribution in [3.63, 3.8) is 0 Å². The maximum Gasteiger partial charge on any atom is 0.237 e. The van der Waals surface area contributed by atoms with Crippen LogP contribution in [0.25, 0.3) is 0 Å². The number of hydrogen-bond donors (Lipinski definition) is 3. The van der Waals surface area contributed by atoms with Crippen LogP contribution < -0.4 is 25.4 Å². The number of rotatable bonds is 5. The first kappa shape index (κ1) is 17.5. The molecule has 136 valence electrons. The molecule has 3 atom stereocenters. The molecule has 25 heavy (non-hydrogen) atoms. The van der Waals surface area contributed by atoms with E-state index in [1.54, 1.807) is 25.3 Å². The standard InChI is InChI=1S/C18H25N3O4/c1-24-11-7-8-16(25-2)14(9-11)20-17(22)10-15-18(23)21-13-6-4-3-5-12(13)19-15/h7-9,12-13,15,19H,3-6,10H2,1-2H3,(H,20,22)(H,21,23)/t12-,13+,15+/m1/s1. The summed E-state index contributed by atoms with van der Waals surface area (Å²) >= 11 is 0. The zero-order valence-corrected chi connectivity index (χ0v) is 14.6. The molecule has 1 aromatic carbocycles. The Labute approximate surface area is 147 Å². The molecule has 1 aliphatic heterocycles. The number of benzene rings is 1. The molecule has 1 saturated carbocycles. The normalized spacial score (nSPS) is 25.5. The van der Waals surface area contributed by atoms with Gasteiger partial charge in [0.2, 0.25) is 11.8 Å². The lowest BCUT2D eigenvalue weighted by Crippen LogP contribution is -2.65. The number of nitrogens with one attached hydrogen (secondary N) is 3. The van der Waals surface area contributed by atoms with E-state index in [-0.39, 0.29) is 30.3 Å². The highest BCUT2D eigenvalue weighted by Crippen LogP contribution is 2.29. The van der Waals surface area contributed by atoms with E-state index in [2.05, 4.69) is 16.0 Å². The summed E-state index contributed by atoms with van der Waals surface area (Å²) in [5.74, 6) is 0.821. The van der Waals surface area contributed by atoms with Crippen LogP contribution in [0.4, 0.5) is 5.69 Å². The van der Waals surface area contributed by atoms with Crippen LogP contribution in [0.5, 0.6) is 11.5 Å². The summed E-state index contributed by atoms with van der Waals surface area (Å²) < 4.78 is 10.4. The van der Waals surface area contributed by atoms with E-state index in [4.69, 9.17) is 9.47 Å². The minimum Gasteiger partial charge on any atom is -0.497 e. The topological polar surface area (TPSA) is 88.7 Å². The zero-order chi connectivity index (χ0) is 17.8. The van der Waals surface area contributed by atoms with E-state index in [1.807, 2.05) is 0 Å².